The molecule has 1 amide bonds. The standard InChI is InChI=1S/C19H21Cl2NO4/c1-2-24-8-9-25-12-14-4-3-5-16(10-14)22-19(23)13-26-18-11-15(20)6-7-17(18)21/h3-7,10-11H,2,8-9,12-13H2,1H3,(H,22,23). The minimum absolute atomic E-state index is 0.171. The number of hydrogen-bond acceptors (Lipinski definition) is 4. The van der Waals surface area contributed by atoms with Gasteiger partial charge in [-0.25, -0.2) is 0 Å². The van der Waals surface area contributed by atoms with Crippen molar-refractivity contribution in [2.75, 3.05) is 31.7 Å². The Balaban J connectivity index is 1.81. The molecule has 0 spiro atoms. The van der Waals surface area contributed by atoms with E-state index in [0.717, 1.165) is 5.56 Å². The molecule has 26 heavy (non-hydrogen) atoms. The number of carbonyl (C=O) groups excluding carboxylic acids is 1. The molecule has 0 fully saturated rings. The van der Waals surface area contributed by atoms with Crippen LogP contribution in [0.2, 0.25) is 10.0 Å². The van der Waals surface area contributed by atoms with Crippen LogP contribution in [0.5, 0.6) is 5.75 Å². The summed E-state index contributed by atoms with van der Waals surface area (Å²) in [6, 6.07) is 12.3. The third kappa shape index (κ3) is 7.22. The fourth-order valence-electron chi connectivity index (χ4n) is 2.12. The van der Waals surface area contributed by atoms with Crippen molar-refractivity contribution in [3.63, 3.8) is 0 Å². The average molecular weight is 398 g/mol. The van der Waals surface area contributed by atoms with Gasteiger partial charge in [0.2, 0.25) is 0 Å². The first-order valence-electron chi connectivity index (χ1n) is 8.20. The topological polar surface area (TPSA) is 56.8 Å². The van der Waals surface area contributed by atoms with Gasteiger partial charge < -0.3 is 19.5 Å². The summed E-state index contributed by atoms with van der Waals surface area (Å²) in [4.78, 5) is 12.1. The van der Waals surface area contributed by atoms with E-state index in [-0.39, 0.29) is 12.5 Å². The summed E-state index contributed by atoms with van der Waals surface area (Å²) < 4.78 is 16.2. The van der Waals surface area contributed by atoms with Gasteiger partial charge in [0.05, 0.1) is 24.8 Å². The van der Waals surface area contributed by atoms with Gasteiger partial charge in [-0.05, 0) is 36.8 Å². The summed E-state index contributed by atoms with van der Waals surface area (Å²) in [6.45, 7) is 3.99. The number of hydrogen-bond donors (Lipinski definition) is 1. The van der Waals surface area contributed by atoms with Crippen molar-refractivity contribution < 1.29 is 19.0 Å². The predicted octanol–water partition coefficient (Wildman–Crippen LogP) is 4.56. The molecule has 1 N–H and O–H groups in total. The lowest BCUT2D eigenvalue weighted by atomic mass is 10.2. The monoisotopic (exact) mass is 397 g/mol. The van der Waals surface area contributed by atoms with Crippen LogP contribution in [-0.2, 0) is 20.9 Å². The Morgan fingerprint density at radius 1 is 1.08 bits per heavy atom. The van der Waals surface area contributed by atoms with Crippen molar-refractivity contribution in [3.05, 3.63) is 58.1 Å². The Kier molecular flexibility index (Phi) is 8.71. The summed E-state index contributed by atoms with van der Waals surface area (Å²) >= 11 is 11.9. The molecule has 5 nitrogen and oxygen atoms in total. The van der Waals surface area contributed by atoms with Gasteiger partial charge >= 0.3 is 0 Å². The van der Waals surface area contributed by atoms with Crippen LogP contribution >= 0.6 is 23.2 Å². The Morgan fingerprint density at radius 3 is 2.69 bits per heavy atom. The van der Waals surface area contributed by atoms with E-state index in [1.165, 1.54) is 0 Å². The smallest absolute Gasteiger partial charge is 0.262 e. The van der Waals surface area contributed by atoms with Crippen LogP contribution in [0, 0.1) is 0 Å². The molecule has 0 saturated carbocycles. The predicted molar refractivity (Wildman–Crippen MR) is 103 cm³/mol. The normalized spacial score (nSPS) is 10.6. The molecule has 7 heteroatoms. The van der Waals surface area contributed by atoms with E-state index < -0.39 is 0 Å². The van der Waals surface area contributed by atoms with Crippen LogP contribution in [0.15, 0.2) is 42.5 Å². The van der Waals surface area contributed by atoms with Crippen LogP contribution in [0.1, 0.15) is 12.5 Å². The van der Waals surface area contributed by atoms with Crippen LogP contribution in [0.3, 0.4) is 0 Å². The lowest BCUT2D eigenvalue weighted by Crippen LogP contribution is -2.20. The highest BCUT2D eigenvalue weighted by molar-refractivity contribution is 6.34. The molecule has 2 aromatic rings. The zero-order chi connectivity index (χ0) is 18.8. The van der Waals surface area contributed by atoms with Gasteiger partial charge in [-0.1, -0.05) is 35.3 Å². The lowest BCUT2D eigenvalue weighted by Gasteiger charge is -2.10. The molecular weight excluding hydrogens is 377 g/mol. The Bertz CT molecular complexity index is 724. The molecule has 2 rings (SSSR count). The van der Waals surface area contributed by atoms with Crippen molar-refractivity contribution in [2.45, 2.75) is 13.5 Å². The molecule has 0 aromatic heterocycles. The fraction of sp³-hybridized carbons (Fsp3) is 0.316. The number of halogens is 2. The second-order valence-electron chi connectivity index (χ2n) is 5.36. The molecule has 0 atom stereocenters. The van der Waals surface area contributed by atoms with E-state index in [2.05, 4.69) is 5.32 Å². The minimum atomic E-state index is -0.296. The molecule has 0 unspecified atom stereocenters. The molecule has 0 heterocycles. The van der Waals surface area contributed by atoms with E-state index in [1.54, 1.807) is 24.3 Å². The van der Waals surface area contributed by atoms with E-state index >= 15 is 0 Å². The number of anilines is 1. The third-order valence-electron chi connectivity index (χ3n) is 3.31. The quantitative estimate of drug-likeness (QED) is 0.596. The fourth-order valence-corrected chi connectivity index (χ4v) is 2.45. The maximum Gasteiger partial charge on any atom is 0.262 e. The zero-order valence-electron chi connectivity index (χ0n) is 14.5. The van der Waals surface area contributed by atoms with Gasteiger partial charge in [-0.15, -0.1) is 0 Å². The van der Waals surface area contributed by atoms with Crippen LogP contribution in [0.25, 0.3) is 0 Å². The van der Waals surface area contributed by atoms with Crippen molar-refractivity contribution in [2.24, 2.45) is 0 Å². The SMILES string of the molecule is CCOCCOCc1cccc(NC(=O)COc2cc(Cl)ccc2Cl)c1. The third-order valence-corrected chi connectivity index (χ3v) is 3.85. The number of benzene rings is 2. The lowest BCUT2D eigenvalue weighted by molar-refractivity contribution is -0.118. The Morgan fingerprint density at radius 2 is 1.88 bits per heavy atom. The van der Waals surface area contributed by atoms with E-state index in [4.69, 9.17) is 37.4 Å². The van der Waals surface area contributed by atoms with Crippen molar-refractivity contribution in [1.29, 1.82) is 0 Å². The molecular formula is C19H21Cl2NO4. The molecule has 0 bridgehead atoms. The summed E-state index contributed by atoms with van der Waals surface area (Å²) in [6.07, 6.45) is 0. The van der Waals surface area contributed by atoms with Gasteiger partial charge in [-0.3, -0.25) is 4.79 Å². The number of rotatable bonds is 10. The molecule has 2 aromatic carbocycles. The van der Waals surface area contributed by atoms with Gasteiger partial charge in [0, 0.05) is 23.4 Å². The van der Waals surface area contributed by atoms with Crippen LogP contribution in [0.4, 0.5) is 5.69 Å². The summed E-state index contributed by atoms with van der Waals surface area (Å²) in [5.41, 5.74) is 1.62. The molecule has 0 aliphatic rings. The molecule has 140 valence electrons. The summed E-state index contributed by atoms with van der Waals surface area (Å²) in [5, 5.41) is 3.66. The van der Waals surface area contributed by atoms with Crippen molar-refractivity contribution >= 4 is 34.8 Å². The second-order valence-corrected chi connectivity index (χ2v) is 6.21. The van der Waals surface area contributed by atoms with Crippen molar-refractivity contribution in [1.82, 2.24) is 0 Å². The number of amides is 1. The maximum atomic E-state index is 12.1. The first-order chi connectivity index (χ1) is 12.6. The highest BCUT2D eigenvalue weighted by Gasteiger charge is 2.07. The number of nitrogens with one attached hydrogen (secondary N) is 1. The van der Waals surface area contributed by atoms with Gasteiger partial charge in [0.1, 0.15) is 5.75 Å². The highest BCUT2D eigenvalue weighted by Crippen LogP contribution is 2.27. The highest BCUT2D eigenvalue weighted by atomic mass is 35.5. The maximum absolute atomic E-state index is 12.1. The summed E-state index contributed by atoms with van der Waals surface area (Å²) in [5.74, 6) is 0.0706. The van der Waals surface area contributed by atoms with Crippen LogP contribution < -0.4 is 10.1 Å². The second kappa shape index (κ2) is 11.0. The van der Waals surface area contributed by atoms with Gasteiger partial charge in [0.25, 0.3) is 5.91 Å². The van der Waals surface area contributed by atoms with E-state index in [9.17, 15) is 4.79 Å². The molecule has 0 aliphatic heterocycles. The minimum Gasteiger partial charge on any atom is -0.482 e. The van der Waals surface area contributed by atoms with Gasteiger partial charge in [-0.2, -0.15) is 0 Å². The molecule has 0 radical (unpaired) electrons. The Hall–Kier alpha value is -1.79. The molecule has 0 aliphatic carbocycles. The number of ether oxygens (including phenoxy) is 3. The average Bonchev–Trinajstić information content (AvgIpc) is 2.62. The Labute approximate surface area is 163 Å². The number of carbonyl (C=O) groups is 1. The zero-order valence-corrected chi connectivity index (χ0v) is 16.0. The first kappa shape index (κ1) is 20.5. The largest absolute Gasteiger partial charge is 0.482 e. The molecule has 0 saturated heterocycles. The first-order valence-corrected chi connectivity index (χ1v) is 8.96. The van der Waals surface area contributed by atoms with E-state index in [0.29, 0.717) is 47.9 Å². The van der Waals surface area contributed by atoms with E-state index in [1.807, 2.05) is 25.1 Å². The summed E-state index contributed by atoms with van der Waals surface area (Å²) in [7, 11) is 0. The van der Waals surface area contributed by atoms with Gasteiger partial charge in [0.15, 0.2) is 6.61 Å². The van der Waals surface area contributed by atoms with Crippen molar-refractivity contribution in [3.8, 4) is 5.75 Å². The van der Waals surface area contributed by atoms with Crippen LogP contribution in [-0.4, -0.2) is 32.3 Å².